The van der Waals surface area contributed by atoms with E-state index in [1.165, 1.54) is 23.9 Å². The molecule has 1 atom stereocenters. The van der Waals surface area contributed by atoms with Crippen LogP contribution in [0.5, 0.6) is 11.5 Å². The van der Waals surface area contributed by atoms with Gasteiger partial charge in [-0.2, -0.15) is 16.1 Å². The Balaban J connectivity index is 1.54. The minimum absolute atomic E-state index is 0.0873. The van der Waals surface area contributed by atoms with Crippen LogP contribution in [0.4, 0.5) is 0 Å². The number of ether oxygens (including phenoxy) is 1. The number of aliphatic carboxylic acids is 1. The highest BCUT2D eigenvalue weighted by Crippen LogP contribution is 2.38. The minimum atomic E-state index is -3.95. The van der Waals surface area contributed by atoms with Crippen molar-refractivity contribution in [2.75, 3.05) is 12.3 Å². The van der Waals surface area contributed by atoms with E-state index >= 15 is 0 Å². The lowest BCUT2D eigenvalue weighted by Gasteiger charge is -2.42. The Morgan fingerprint density at radius 1 is 0.939 bits per heavy atom. The number of benzene rings is 3. The van der Waals surface area contributed by atoms with Gasteiger partial charge in [-0.3, -0.25) is 4.79 Å². The molecule has 33 heavy (non-hydrogen) atoms. The smallest absolute Gasteiger partial charge is 0.323 e. The molecule has 1 saturated heterocycles. The maximum Gasteiger partial charge on any atom is 0.323 e. The van der Waals surface area contributed by atoms with Crippen molar-refractivity contribution in [1.29, 1.82) is 0 Å². The van der Waals surface area contributed by atoms with Gasteiger partial charge in [-0.25, -0.2) is 8.42 Å². The molecule has 0 bridgehead atoms. The first-order valence-electron chi connectivity index (χ1n) is 10.5. The topological polar surface area (TPSA) is 83.9 Å². The van der Waals surface area contributed by atoms with Gasteiger partial charge in [-0.1, -0.05) is 42.5 Å². The molecule has 1 aliphatic rings. The van der Waals surface area contributed by atoms with E-state index in [1.54, 1.807) is 26.0 Å². The Kier molecular flexibility index (Phi) is 6.52. The molecule has 0 radical (unpaired) electrons. The van der Waals surface area contributed by atoms with Crippen molar-refractivity contribution < 1.29 is 23.1 Å². The summed E-state index contributed by atoms with van der Waals surface area (Å²) in [5.41, 5.74) is 1.77. The Morgan fingerprint density at radius 2 is 1.48 bits per heavy atom. The van der Waals surface area contributed by atoms with Gasteiger partial charge in [0.25, 0.3) is 0 Å². The van der Waals surface area contributed by atoms with Crippen LogP contribution in [0.25, 0.3) is 11.1 Å². The molecule has 1 N–H and O–H groups in total. The third-order valence-electron chi connectivity index (χ3n) is 5.59. The first-order chi connectivity index (χ1) is 15.7. The largest absolute Gasteiger partial charge is 0.480 e. The van der Waals surface area contributed by atoms with Gasteiger partial charge < -0.3 is 9.84 Å². The molecular formula is C25H25NO5S2. The third kappa shape index (κ3) is 4.93. The van der Waals surface area contributed by atoms with Crippen LogP contribution in [0.1, 0.15) is 13.8 Å². The predicted octanol–water partition coefficient (Wildman–Crippen LogP) is 5.12. The molecule has 0 saturated carbocycles. The van der Waals surface area contributed by atoms with Gasteiger partial charge in [0.1, 0.15) is 17.5 Å². The highest BCUT2D eigenvalue weighted by molar-refractivity contribution is 8.00. The molecule has 1 fully saturated rings. The molecule has 1 unspecified atom stereocenters. The van der Waals surface area contributed by atoms with Crippen LogP contribution in [0.2, 0.25) is 0 Å². The number of hydrogen-bond acceptors (Lipinski definition) is 5. The average molecular weight is 484 g/mol. The first-order valence-corrected chi connectivity index (χ1v) is 12.9. The molecule has 1 heterocycles. The number of carbonyl (C=O) groups is 1. The highest BCUT2D eigenvalue weighted by atomic mass is 32.2. The number of para-hydroxylation sites is 1. The van der Waals surface area contributed by atoms with E-state index in [4.69, 9.17) is 4.74 Å². The average Bonchev–Trinajstić information content (AvgIpc) is 2.79. The van der Waals surface area contributed by atoms with E-state index in [0.717, 1.165) is 21.2 Å². The zero-order valence-electron chi connectivity index (χ0n) is 18.3. The van der Waals surface area contributed by atoms with E-state index in [9.17, 15) is 18.3 Å². The van der Waals surface area contributed by atoms with Crippen molar-refractivity contribution in [3.05, 3.63) is 78.9 Å². The molecule has 172 valence electrons. The second-order valence-corrected chi connectivity index (χ2v) is 11.9. The zero-order chi connectivity index (χ0) is 23.6. The molecule has 4 rings (SSSR count). The highest BCUT2D eigenvalue weighted by Gasteiger charge is 2.48. The molecular weight excluding hydrogens is 458 g/mol. The normalized spacial score (nSPS) is 18.5. The monoisotopic (exact) mass is 483 g/mol. The van der Waals surface area contributed by atoms with Crippen LogP contribution < -0.4 is 4.74 Å². The maximum absolute atomic E-state index is 13.3. The number of carboxylic acids is 1. The van der Waals surface area contributed by atoms with Crippen molar-refractivity contribution >= 4 is 27.8 Å². The van der Waals surface area contributed by atoms with Crippen molar-refractivity contribution in [3.63, 3.8) is 0 Å². The van der Waals surface area contributed by atoms with Gasteiger partial charge in [-0.15, -0.1) is 0 Å². The maximum atomic E-state index is 13.3. The second kappa shape index (κ2) is 9.21. The van der Waals surface area contributed by atoms with Crippen LogP contribution in [0.15, 0.2) is 83.8 Å². The molecule has 0 aromatic heterocycles. The fraction of sp³-hybridized carbons (Fsp3) is 0.240. The van der Waals surface area contributed by atoms with Crippen LogP contribution in [-0.2, 0) is 14.8 Å². The van der Waals surface area contributed by atoms with E-state index in [1.807, 2.05) is 54.6 Å². The summed E-state index contributed by atoms with van der Waals surface area (Å²) in [6, 6.07) is 22.4. The van der Waals surface area contributed by atoms with Crippen molar-refractivity contribution in [1.82, 2.24) is 4.31 Å². The molecule has 8 heteroatoms. The molecule has 0 amide bonds. The fourth-order valence-corrected chi connectivity index (χ4v) is 7.02. The van der Waals surface area contributed by atoms with Gasteiger partial charge in [0.05, 0.1) is 4.90 Å². The van der Waals surface area contributed by atoms with E-state index < -0.39 is 26.8 Å². The lowest BCUT2D eigenvalue weighted by atomic mass is 10.0. The number of carboxylic acid groups (broad SMARTS) is 1. The summed E-state index contributed by atoms with van der Waals surface area (Å²) >= 11 is 1.48. The molecule has 6 nitrogen and oxygen atoms in total. The summed E-state index contributed by atoms with van der Waals surface area (Å²) in [5, 5.41) is 9.73. The zero-order valence-corrected chi connectivity index (χ0v) is 20.0. The summed E-state index contributed by atoms with van der Waals surface area (Å²) in [6.07, 6.45) is 0. The number of thioether (sulfide) groups is 1. The molecule has 3 aromatic rings. The van der Waals surface area contributed by atoms with Gasteiger partial charge in [-0.05, 0) is 61.4 Å². The van der Waals surface area contributed by atoms with E-state index in [-0.39, 0.29) is 11.4 Å². The van der Waals surface area contributed by atoms with E-state index in [2.05, 4.69) is 0 Å². The Bertz CT molecular complexity index is 1220. The van der Waals surface area contributed by atoms with Crippen LogP contribution >= 0.6 is 11.8 Å². The summed E-state index contributed by atoms with van der Waals surface area (Å²) in [5.74, 6) is 0.865. The summed E-state index contributed by atoms with van der Waals surface area (Å²) in [4.78, 5) is 12.0. The third-order valence-corrected chi connectivity index (χ3v) is 8.83. The molecule has 1 aliphatic heterocycles. The van der Waals surface area contributed by atoms with Crippen LogP contribution in [0.3, 0.4) is 0 Å². The lowest BCUT2D eigenvalue weighted by molar-refractivity contribution is -0.142. The van der Waals surface area contributed by atoms with E-state index in [0.29, 0.717) is 11.5 Å². The summed E-state index contributed by atoms with van der Waals surface area (Å²) in [6.45, 7) is 3.71. The number of rotatable bonds is 6. The number of hydrogen-bond donors (Lipinski definition) is 1. The van der Waals surface area contributed by atoms with Crippen molar-refractivity contribution in [2.45, 2.75) is 29.5 Å². The van der Waals surface area contributed by atoms with Gasteiger partial charge >= 0.3 is 5.97 Å². The number of nitrogens with zero attached hydrogens (tertiary/aromatic N) is 1. The molecule has 0 spiro atoms. The van der Waals surface area contributed by atoms with Crippen molar-refractivity contribution in [2.24, 2.45) is 0 Å². The predicted molar refractivity (Wildman–Crippen MR) is 130 cm³/mol. The lowest BCUT2D eigenvalue weighted by Crippen LogP contribution is -2.58. The SMILES string of the molecule is CC1(C)SCCN(S(=O)(=O)c2ccc(-c3ccc(Oc4ccccc4)cc3)cc2)C1C(=O)O. The number of sulfonamides is 1. The van der Waals surface area contributed by atoms with Gasteiger partial charge in [0.15, 0.2) is 0 Å². The quantitative estimate of drug-likeness (QED) is 0.524. The Labute approximate surface area is 198 Å². The van der Waals surface area contributed by atoms with Crippen LogP contribution in [0, 0.1) is 0 Å². The minimum Gasteiger partial charge on any atom is -0.480 e. The van der Waals surface area contributed by atoms with Crippen molar-refractivity contribution in [3.8, 4) is 22.6 Å². The Hall–Kier alpha value is -2.81. The van der Waals surface area contributed by atoms with Gasteiger partial charge in [0.2, 0.25) is 10.0 Å². The second-order valence-electron chi connectivity index (χ2n) is 8.27. The van der Waals surface area contributed by atoms with Gasteiger partial charge in [0, 0.05) is 17.0 Å². The fourth-order valence-electron chi connectivity index (χ4n) is 3.93. The molecule has 3 aromatic carbocycles. The first kappa shape index (κ1) is 23.4. The molecule has 0 aliphatic carbocycles. The summed E-state index contributed by atoms with van der Waals surface area (Å²) < 4.78 is 32.8. The van der Waals surface area contributed by atoms with Crippen LogP contribution in [-0.4, -0.2) is 46.9 Å². The standard InChI is InChI=1S/C25H25NO5S2/c1-25(2)23(24(27)28)26(16-17-32-25)33(29,30)22-14-10-19(11-15-22)18-8-12-21(13-9-18)31-20-6-4-3-5-7-20/h3-15,23H,16-17H2,1-2H3,(H,27,28). The Morgan fingerprint density at radius 3 is 2.06 bits per heavy atom. The summed E-state index contributed by atoms with van der Waals surface area (Å²) in [7, 11) is -3.95.